The van der Waals surface area contributed by atoms with Crippen LogP contribution in [0, 0.1) is 0 Å². The number of rotatable bonds is 9. The van der Waals surface area contributed by atoms with Crippen LogP contribution >= 0.6 is 0 Å². The molecule has 0 saturated carbocycles. The fourth-order valence-electron chi connectivity index (χ4n) is 5.85. The summed E-state index contributed by atoms with van der Waals surface area (Å²) in [7, 11) is 1.61. The molecule has 4 aromatic rings. The highest BCUT2D eigenvalue weighted by Crippen LogP contribution is 2.43. The van der Waals surface area contributed by atoms with Gasteiger partial charge in [-0.15, -0.1) is 0 Å². The third kappa shape index (κ3) is 5.54. The normalized spacial score (nSPS) is 25.0. The number of benzene rings is 4. The molecule has 0 unspecified atom stereocenters. The van der Waals surface area contributed by atoms with Gasteiger partial charge in [-0.05, 0) is 54.8 Å². The van der Waals surface area contributed by atoms with Crippen molar-refractivity contribution in [3.05, 3.63) is 132 Å². The summed E-state index contributed by atoms with van der Waals surface area (Å²) in [5.41, 5.74) is 1.99. The van der Waals surface area contributed by atoms with Gasteiger partial charge < -0.3 is 33.5 Å². The quantitative estimate of drug-likeness (QED) is 0.260. The van der Waals surface area contributed by atoms with Crippen LogP contribution in [-0.2, 0) is 24.5 Å². The Balaban J connectivity index is 1.36. The smallest absolute Gasteiger partial charge is 0.229 e. The molecule has 7 nitrogen and oxygen atoms in total. The first-order valence-corrected chi connectivity index (χ1v) is 14.2. The van der Waals surface area contributed by atoms with Gasteiger partial charge in [0.05, 0.1) is 13.7 Å². The van der Waals surface area contributed by atoms with Crippen molar-refractivity contribution < 1.29 is 33.5 Å². The van der Waals surface area contributed by atoms with Crippen molar-refractivity contribution in [2.45, 2.75) is 55.9 Å². The Morgan fingerprint density at radius 1 is 0.690 bits per heavy atom. The van der Waals surface area contributed by atoms with E-state index in [1.54, 1.807) is 31.4 Å². The minimum atomic E-state index is -1.09. The fourth-order valence-corrected chi connectivity index (χ4v) is 5.85. The van der Waals surface area contributed by atoms with E-state index >= 15 is 0 Å². The second kappa shape index (κ2) is 11.9. The molecule has 1 N–H and O–H groups in total. The predicted octanol–water partition coefficient (Wildman–Crippen LogP) is 5.69. The first-order chi connectivity index (χ1) is 20.4. The van der Waals surface area contributed by atoms with Crippen molar-refractivity contribution in [3.8, 4) is 11.5 Å². The summed E-state index contributed by atoms with van der Waals surface area (Å²) in [6, 6.07) is 37.6. The number of methoxy groups -OCH3 is 1. The van der Waals surface area contributed by atoms with E-state index in [0.29, 0.717) is 11.5 Å². The van der Waals surface area contributed by atoms with Gasteiger partial charge in [0, 0.05) is 0 Å². The highest BCUT2D eigenvalue weighted by atomic mass is 16.8. The first kappa shape index (κ1) is 28.4. The molecule has 0 radical (unpaired) electrons. The van der Waals surface area contributed by atoms with Gasteiger partial charge in [-0.1, -0.05) is 91.0 Å². The maximum Gasteiger partial charge on any atom is 0.229 e. The van der Waals surface area contributed by atoms with Gasteiger partial charge in [0.15, 0.2) is 5.79 Å². The van der Waals surface area contributed by atoms with Crippen molar-refractivity contribution in [3.63, 3.8) is 0 Å². The van der Waals surface area contributed by atoms with Crippen LogP contribution in [0.3, 0.4) is 0 Å². The lowest BCUT2D eigenvalue weighted by atomic mass is 9.80. The zero-order valence-electron chi connectivity index (χ0n) is 24.0. The Labute approximate surface area is 246 Å². The van der Waals surface area contributed by atoms with Crippen molar-refractivity contribution in [2.75, 3.05) is 13.7 Å². The molecule has 0 bridgehead atoms. The molecule has 0 aromatic heterocycles. The lowest BCUT2D eigenvalue weighted by Crippen LogP contribution is -2.59. The number of hydrogen-bond acceptors (Lipinski definition) is 7. The maximum absolute atomic E-state index is 11.3. The lowest BCUT2D eigenvalue weighted by Gasteiger charge is -2.42. The second-order valence-corrected chi connectivity index (χ2v) is 11.0. The minimum Gasteiger partial charge on any atom is -0.497 e. The molecule has 4 aromatic carbocycles. The third-order valence-corrected chi connectivity index (χ3v) is 7.77. The topological polar surface area (TPSA) is 75.6 Å². The third-order valence-electron chi connectivity index (χ3n) is 7.77. The highest BCUT2D eigenvalue weighted by molar-refractivity contribution is 5.47. The Bertz CT molecular complexity index is 1330. The largest absolute Gasteiger partial charge is 0.497 e. The Hall–Kier alpha value is -3.72. The van der Waals surface area contributed by atoms with Gasteiger partial charge in [0.25, 0.3) is 0 Å². The number of aliphatic hydroxyl groups excluding tert-OH is 1. The van der Waals surface area contributed by atoms with Crippen molar-refractivity contribution in [1.82, 2.24) is 0 Å². The highest BCUT2D eigenvalue weighted by Gasteiger charge is 2.56. The molecule has 0 aliphatic carbocycles. The van der Waals surface area contributed by atoms with Crippen LogP contribution in [0.2, 0.25) is 0 Å². The summed E-state index contributed by atoms with van der Waals surface area (Å²) in [6.07, 6.45) is -3.96. The van der Waals surface area contributed by atoms with Gasteiger partial charge in [-0.2, -0.15) is 0 Å². The molecule has 2 aliphatic heterocycles. The summed E-state index contributed by atoms with van der Waals surface area (Å²) >= 11 is 0. The summed E-state index contributed by atoms with van der Waals surface area (Å²) < 4.78 is 37.4. The Kier molecular flexibility index (Phi) is 8.03. The molecule has 218 valence electrons. The second-order valence-electron chi connectivity index (χ2n) is 11.0. The molecule has 2 saturated heterocycles. The van der Waals surface area contributed by atoms with Crippen molar-refractivity contribution in [2.24, 2.45) is 0 Å². The molecule has 2 heterocycles. The zero-order chi connectivity index (χ0) is 29.2. The molecule has 0 amide bonds. The van der Waals surface area contributed by atoms with E-state index in [2.05, 4.69) is 36.4 Å². The van der Waals surface area contributed by atoms with Gasteiger partial charge in [-0.25, -0.2) is 0 Å². The fraction of sp³-hybridized carbons (Fsp3) is 0.314. The average molecular weight is 569 g/mol. The average Bonchev–Trinajstić information content (AvgIpc) is 3.37. The minimum absolute atomic E-state index is 0.133. The van der Waals surface area contributed by atoms with E-state index in [0.717, 1.165) is 16.7 Å². The van der Waals surface area contributed by atoms with E-state index in [9.17, 15) is 5.11 Å². The predicted molar refractivity (Wildman–Crippen MR) is 157 cm³/mol. The van der Waals surface area contributed by atoms with E-state index in [1.165, 1.54) is 0 Å². The maximum atomic E-state index is 11.3. The molecular formula is C35H36O7. The number of ether oxygens (including phenoxy) is 6. The molecule has 6 rings (SSSR count). The molecule has 0 spiro atoms. The van der Waals surface area contributed by atoms with Crippen LogP contribution in [0.25, 0.3) is 0 Å². The first-order valence-electron chi connectivity index (χ1n) is 14.2. The molecule has 2 aliphatic rings. The molecule has 7 heteroatoms. The van der Waals surface area contributed by atoms with Crippen LogP contribution in [0.4, 0.5) is 0 Å². The zero-order valence-corrected chi connectivity index (χ0v) is 24.0. The van der Waals surface area contributed by atoms with E-state index in [4.69, 9.17) is 28.4 Å². The van der Waals surface area contributed by atoms with Crippen LogP contribution < -0.4 is 9.47 Å². The van der Waals surface area contributed by atoms with Crippen LogP contribution in [0.15, 0.2) is 115 Å². The van der Waals surface area contributed by atoms with E-state index in [1.807, 2.05) is 68.4 Å². The molecule has 42 heavy (non-hydrogen) atoms. The lowest BCUT2D eigenvalue weighted by molar-refractivity contribution is -0.261. The number of hydrogen-bond donors (Lipinski definition) is 1. The van der Waals surface area contributed by atoms with Crippen LogP contribution in [-0.4, -0.2) is 55.3 Å². The number of fused-ring (bicyclic) bond motifs is 1. The van der Waals surface area contributed by atoms with Crippen LogP contribution in [0.1, 0.15) is 30.5 Å². The van der Waals surface area contributed by atoms with Crippen LogP contribution in [0.5, 0.6) is 11.5 Å². The summed E-state index contributed by atoms with van der Waals surface area (Å²) in [5.74, 6) is 0.318. The summed E-state index contributed by atoms with van der Waals surface area (Å²) in [5, 5.41) is 11.3. The molecular weight excluding hydrogens is 532 g/mol. The van der Waals surface area contributed by atoms with Gasteiger partial charge in [-0.3, -0.25) is 0 Å². The van der Waals surface area contributed by atoms with E-state index < -0.39 is 42.1 Å². The van der Waals surface area contributed by atoms with Crippen molar-refractivity contribution in [1.29, 1.82) is 0 Å². The van der Waals surface area contributed by atoms with Crippen molar-refractivity contribution >= 4 is 0 Å². The monoisotopic (exact) mass is 568 g/mol. The molecule has 2 fully saturated rings. The standard InChI is InChI=1S/C35H36O7/c1-34(2)41-31-29(40-33(30(36)32(31)42-34)39-28-21-19-27(37-3)20-22-28)23-38-35(24-13-7-4-8-14-24,25-15-9-5-10-16-25)26-17-11-6-12-18-26/h4-22,29-33,36H,23H2,1-3H3/t29-,30-,31+,32-,33-/m1/s1. The van der Waals surface area contributed by atoms with Gasteiger partial charge in [0.1, 0.15) is 41.5 Å². The van der Waals surface area contributed by atoms with Gasteiger partial charge in [0.2, 0.25) is 6.29 Å². The summed E-state index contributed by atoms with van der Waals surface area (Å²) in [6.45, 7) is 3.80. The molecule has 5 atom stereocenters. The van der Waals surface area contributed by atoms with E-state index in [-0.39, 0.29) is 6.61 Å². The Morgan fingerprint density at radius 3 is 1.67 bits per heavy atom. The Morgan fingerprint density at radius 2 is 1.17 bits per heavy atom. The number of aliphatic hydroxyl groups is 1. The SMILES string of the molecule is COc1ccc(O[C@@H]2O[C@H](COC(c3ccccc3)(c3ccccc3)c3ccccc3)[C@@H]3OC(C)(C)O[C@@H]3[C@H]2O)cc1. The van der Waals surface area contributed by atoms with Gasteiger partial charge >= 0.3 is 0 Å². The summed E-state index contributed by atoms with van der Waals surface area (Å²) in [4.78, 5) is 0.